The summed E-state index contributed by atoms with van der Waals surface area (Å²) in [6, 6.07) is 17.1. The maximum atomic E-state index is 12.5. The van der Waals surface area contributed by atoms with Crippen molar-refractivity contribution < 1.29 is 14.3 Å². The van der Waals surface area contributed by atoms with Gasteiger partial charge in [-0.2, -0.15) is 0 Å². The zero-order valence-corrected chi connectivity index (χ0v) is 15.6. The van der Waals surface area contributed by atoms with Crippen molar-refractivity contribution >= 4 is 38.3 Å². The molecule has 0 fully saturated rings. The SMILES string of the molecule is COc1ccc(NC(=O)Cc2c(OC)ccc3cc(Br)ccc23)cc1. The molecule has 0 aliphatic heterocycles. The molecular formula is C20H18BrNO3. The van der Waals surface area contributed by atoms with Crippen molar-refractivity contribution in [3.05, 3.63) is 64.6 Å². The van der Waals surface area contributed by atoms with E-state index in [1.54, 1.807) is 14.2 Å². The highest BCUT2D eigenvalue weighted by atomic mass is 79.9. The van der Waals surface area contributed by atoms with Crippen LogP contribution < -0.4 is 14.8 Å². The van der Waals surface area contributed by atoms with Gasteiger partial charge < -0.3 is 14.8 Å². The smallest absolute Gasteiger partial charge is 0.228 e. The van der Waals surface area contributed by atoms with E-state index in [1.807, 2.05) is 54.6 Å². The zero-order valence-electron chi connectivity index (χ0n) is 14.0. The van der Waals surface area contributed by atoms with E-state index in [0.29, 0.717) is 5.75 Å². The van der Waals surface area contributed by atoms with E-state index in [2.05, 4.69) is 21.2 Å². The third-order valence-corrected chi connectivity index (χ3v) is 4.47. The minimum absolute atomic E-state index is 0.0983. The van der Waals surface area contributed by atoms with Crippen molar-refractivity contribution in [2.24, 2.45) is 0 Å². The van der Waals surface area contributed by atoms with Gasteiger partial charge in [0.2, 0.25) is 5.91 Å². The molecule has 128 valence electrons. The molecule has 0 aliphatic rings. The molecule has 0 radical (unpaired) electrons. The second kappa shape index (κ2) is 7.57. The van der Waals surface area contributed by atoms with Gasteiger partial charge in [-0.1, -0.05) is 28.1 Å². The Kier molecular flexibility index (Phi) is 5.24. The van der Waals surface area contributed by atoms with Crippen molar-refractivity contribution in [1.82, 2.24) is 0 Å². The number of rotatable bonds is 5. The van der Waals surface area contributed by atoms with Crippen LogP contribution in [-0.2, 0) is 11.2 Å². The fourth-order valence-electron chi connectivity index (χ4n) is 2.76. The van der Waals surface area contributed by atoms with Crippen LogP contribution >= 0.6 is 15.9 Å². The van der Waals surface area contributed by atoms with Crippen LogP contribution in [0.1, 0.15) is 5.56 Å². The second-order valence-corrected chi connectivity index (χ2v) is 6.48. The lowest BCUT2D eigenvalue weighted by atomic mass is 10.0. The maximum absolute atomic E-state index is 12.5. The van der Waals surface area contributed by atoms with Crippen LogP contribution in [0.2, 0.25) is 0 Å². The third-order valence-electron chi connectivity index (χ3n) is 3.98. The summed E-state index contributed by atoms with van der Waals surface area (Å²) in [5, 5.41) is 4.97. The summed E-state index contributed by atoms with van der Waals surface area (Å²) in [6.07, 6.45) is 0.230. The fourth-order valence-corrected chi connectivity index (χ4v) is 3.14. The average Bonchev–Trinajstić information content (AvgIpc) is 2.62. The van der Waals surface area contributed by atoms with E-state index in [4.69, 9.17) is 9.47 Å². The summed E-state index contributed by atoms with van der Waals surface area (Å²) < 4.78 is 11.6. The number of hydrogen-bond acceptors (Lipinski definition) is 3. The first-order valence-electron chi connectivity index (χ1n) is 7.80. The molecular weight excluding hydrogens is 382 g/mol. The maximum Gasteiger partial charge on any atom is 0.228 e. The highest BCUT2D eigenvalue weighted by Gasteiger charge is 2.13. The van der Waals surface area contributed by atoms with Crippen molar-refractivity contribution in [1.29, 1.82) is 0 Å². The quantitative estimate of drug-likeness (QED) is 0.669. The third kappa shape index (κ3) is 3.94. The van der Waals surface area contributed by atoms with Gasteiger partial charge in [-0.15, -0.1) is 0 Å². The first-order valence-corrected chi connectivity index (χ1v) is 8.59. The predicted octanol–water partition coefficient (Wildman–Crippen LogP) is 4.80. The Morgan fingerprint density at radius 3 is 2.44 bits per heavy atom. The van der Waals surface area contributed by atoms with Crippen LogP contribution in [0.15, 0.2) is 59.1 Å². The number of hydrogen-bond donors (Lipinski definition) is 1. The fraction of sp³-hybridized carbons (Fsp3) is 0.150. The summed E-state index contributed by atoms with van der Waals surface area (Å²) in [6.45, 7) is 0. The summed E-state index contributed by atoms with van der Waals surface area (Å²) >= 11 is 3.48. The van der Waals surface area contributed by atoms with Gasteiger partial charge >= 0.3 is 0 Å². The van der Waals surface area contributed by atoms with Crippen LogP contribution in [0.4, 0.5) is 5.69 Å². The monoisotopic (exact) mass is 399 g/mol. The number of fused-ring (bicyclic) bond motifs is 1. The summed E-state index contributed by atoms with van der Waals surface area (Å²) in [4.78, 5) is 12.5. The molecule has 0 bridgehead atoms. The average molecular weight is 400 g/mol. The molecule has 0 heterocycles. The Morgan fingerprint density at radius 1 is 1.00 bits per heavy atom. The summed E-state index contributed by atoms with van der Waals surface area (Å²) in [5.74, 6) is 1.36. The van der Waals surface area contributed by atoms with Crippen LogP contribution in [-0.4, -0.2) is 20.1 Å². The van der Waals surface area contributed by atoms with Crippen LogP contribution in [0.25, 0.3) is 10.8 Å². The molecule has 0 aromatic heterocycles. The molecule has 5 heteroatoms. The highest BCUT2D eigenvalue weighted by molar-refractivity contribution is 9.10. The van der Waals surface area contributed by atoms with E-state index in [0.717, 1.165) is 32.2 Å². The number of methoxy groups -OCH3 is 2. The lowest BCUT2D eigenvalue weighted by Gasteiger charge is -2.13. The molecule has 3 rings (SSSR count). The molecule has 0 saturated carbocycles. The number of anilines is 1. The zero-order chi connectivity index (χ0) is 17.8. The minimum atomic E-state index is -0.0983. The largest absolute Gasteiger partial charge is 0.497 e. The van der Waals surface area contributed by atoms with E-state index in [1.165, 1.54) is 0 Å². The molecule has 0 saturated heterocycles. The standard InChI is InChI=1S/C20H18BrNO3/c1-24-16-7-5-15(6-8-16)22-20(23)12-18-17-9-4-14(21)11-13(17)3-10-19(18)25-2/h3-11H,12H2,1-2H3,(H,22,23). The Hall–Kier alpha value is -2.53. The number of carbonyl (C=O) groups excluding carboxylic acids is 1. The summed E-state index contributed by atoms with van der Waals surface area (Å²) in [5.41, 5.74) is 1.60. The molecule has 0 atom stereocenters. The lowest BCUT2D eigenvalue weighted by Crippen LogP contribution is -2.15. The van der Waals surface area contributed by atoms with Gasteiger partial charge in [0, 0.05) is 15.7 Å². The number of carbonyl (C=O) groups is 1. The second-order valence-electron chi connectivity index (χ2n) is 5.57. The van der Waals surface area contributed by atoms with Gasteiger partial charge in [0.05, 0.1) is 20.6 Å². The predicted molar refractivity (Wildman–Crippen MR) is 104 cm³/mol. The van der Waals surface area contributed by atoms with Crippen molar-refractivity contribution in [3.8, 4) is 11.5 Å². The molecule has 1 N–H and O–H groups in total. The first-order chi connectivity index (χ1) is 12.1. The Morgan fingerprint density at radius 2 is 1.76 bits per heavy atom. The molecule has 3 aromatic carbocycles. The molecule has 1 amide bonds. The van der Waals surface area contributed by atoms with Gasteiger partial charge in [0.15, 0.2) is 0 Å². The highest BCUT2D eigenvalue weighted by Crippen LogP contribution is 2.30. The van der Waals surface area contributed by atoms with Crippen LogP contribution in [0, 0.1) is 0 Å². The first kappa shape index (κ1) is 17.3. The lowest BCUT2D eigenvalue weighted by molar-refractivity contribution is -0.115. The van der Waals surface area contributed by atoms with Crippen molar-refractivity contribution in [3.63, 3.8) is 0 Å². The molecule has 4 nitrogen and oxygen atoms in total. The molecule has 0 aliphatic carbocycles. The Bertz CT molecular complexity index is 907. The molecule has 0 unspecified atom stereocenters. The Balaban J connectivity index is 1.86. The van der Waals surface area contributed by atoms with Crippen LogP contribution in [0.3, 0.4) is 0 Å². The normalized spacial score (nSPS) is 10.5. The van der Waals surface area contributed by atoms with Crippen LogP contribution in [0.5, 0.6) is 11.5 Å². The molecule has 3 aromatic rings. The van der Waals surface area contributed by atoms with E-state index in [-0.39, 0.29) is 12.3 Å². The van der Waals surface area contributed by atoms with Gasteiger partial charge in [0.1, 0.15) is 11.5 Å². The van der Waals surface area contributed by atoms with Gasteiger partial charge in [-0.3, -0.25) is 4.79 Å². The number of benzene rings is 3. The van der Waals surface area contributed by atoms with Crippen molar-refractivity contribution in [2.75, 3.05) is 19.5 Å². The van der Waals surface area contributed by atoms with Gasteiger partial charge in [-0.25, -0.2) is 0 Å². The minimum Gasteiger partial charge on any atom is -0.497 e. The summed E-state index contributed by atoms with van der Waals surface area (Å²) in [7, 11) is 3.23. The van der Waals surface area contributed by atoms with Gasteiger partial charge in [0.25, 0.3) is 0 Å². The molecule has 25 heavy (non-hydrogen) atoms. The van der Waals surface area contributed by atoms with E-state index in [9.17, 15) is 4.79 Å². The topological polar surface area (TPSA) is 47.6 Å². The number of nitrogens with one attached hydrogen (secondary N) is 1. The number of halogens is 1. The van der Waals surface area contributed by atoms with Crippen molar-refractivity contribution in [2.45, 2.75) is 6.42 Å². The Labute approximate surface area is 154 Å². The van der Waals surface area contributed by atoms with E-state index >= 15 is 0 Å². The number of amides is 1. The van der Waals surface area contributed by atoms with Gasteiger partial charge in [-0.05, 0) is 53.2 Å². The molecule has 0 spiro atoms. The number of ether oxygens (including phenoxy) is 2. The van der Waals surface area contributed by atoms with E-state index < -0.39 is 0 Å².